The summed E-state index contributed by atoms with van der Waals surface area (Å²) in [5, 5.41) is 15.6. The molecule has 3 rings (SSSR count). The van der Waals surface area contributed by atoms with Crippen molar-refractivity contribution in [1.29, 1.82) is 0 Å². The Labute approximate surface area is 211 Å². The van der Waals surface area contributed by atoms with Crippen molar-refractivity contribution in [3.63, 3.8) is 0 Å². The van der Waals surface area contributed by atoms with Gasteiger partial charge in [-0.2, -0.15) is 10.2 Å². The van der Waals surface area contributed by atoms with E-state index in [0.717, 1.165) is 37.1 Å². The fourth-order valence-corrected chi connectivity index (χ4v) is 3.32. The molecule has 6 nitrogen and oxygen atoms in total. The molecule has 0 aliphatic heterocycles. The average molecular weight is 489 g/mol. The first-order chi connectivity index (χ1) is 16.7. The lowest BCUT2D eigenvalue weighted by Crippen LogP contribution is -2.33. The Hall–Kier alpha value is -3.62. The average Bonchev–Trinajstić information content (AvgIpc) is 2.86. The maximum Gasteiger partial charge on any atom is 0.186 e. The number of nitrogens with one attached hydrogen (secondary N) is 4. The predicted molar refractivity (Wildman–Crippen MR) is 149 cm³/mol. The maximum atomic E-state index is 5.25. The Morgan fingerprint density at radius 2 is 0.971 bits per heavy atom. The first kappa shape index (κ1) is 25.0. The van der Waals surface area contributed by atoms with Crippen LogP contribution in [0.5, 0.6) is 0 Å². The summed E-state index contributed by atoms with van der Waals surface area (Å²) in [6, 6.07) is 28.3. The summed E-state index contributed by atoms with van der Waals surface area (Å²) in [5.74, 6) is 0. The number of hydrazone groups is 2. The van der Waals surface area contributed by atoms with Gasteiger partial charge in [0.15, 0.2) is 10.2 Å². The van der Waals surface area contributed by atoms with Gasteiger partial charge >= 0.3 is 0 Å². The smallest absolute Gasteiger partial charge is 0.186 e. The van der Waals surface area contributed by atoms with Gasteiger partial charge in [-0.25, -0.2) is 0 Å². The van der Waals surface area contributed by atoms with Crippen molar-refractivity contribution in [3.05, 3.63) is 107 Å². The third-order valence-corrected chi connectivity index (χ3v) is 5.25. The lowest BCUT2D eigenvalue weighted by Gasteiger charge is -2.07. The highest BCUT2D eigenvalue weighted by atomic mass is 32.1. The second-order valence-corrected chi connectivity index (χ2v) is 8.21. The first-order valence-electron chi connectivity index (χ1n) is 11.0. The zero-order valence-electron chi connectivity index (χ0n) is 18.8. The number of hydrogen-bond acceptors (Lipinski definition) is 4. The van der Waals surface area contributed by atoms with Gasteiger partial charge in [0.05, 0.1) is 12.4 Å². The van der Waals surface area contributed by atoms with Crippen LogP contribution in [0.25, 0.3) is 0 Å². The quantitative estimate of drug-likeness (QED) is 0.198. The first-order valence-corrected chi connectivity index (χ1v) is 11.8. The standard InChI is InChI=1S/C26H28N6S2/c33-25(27-17-15-21-7-3-1-4-8-21)31-29-19-23-11-13-24(14-12-23)20-30-32-26(34)28-18-16-22-9-5-2-6-10-22/h1-14,19-20H,15-18H2,(H2,27,31,33)(H2,28,32,34)/b29-19+,30-20+. The van der Waals surface area contributed by atoms with Crippen molar-refractivity contribution in [3.8, 4) is 0 Å². The van der Waals surface area contributed by atoms with E-state index in [9.17, 15) is 0 Å². The van der Waals surface area contributed by atoms with Crippen molar-refractivity contribution in [2.24, 2.45) is 10.2 Å². The van der Waals surface area contributed by atoms with Crippen molar-refractivity contribution in [2.75, 3.05) is 13.1 Å². The lowest BCUT2D eigenvalue weighted by molar-refractivity contribution is 0.838. The summed E-state index contributed by atoms with van der Waals surface area (Å²) >= 11 is 10.5. The molecular formula is C26H28N6S2. The topological polar surface area (TPSA) is 72.8 Å². The van der Waals surface area contributed by atoms with Crippen LogP contribution in [0.3, 0.4) is 0 Å². The minimum Gasteiger partial charge on any atom is -0.361 e. The van der Waals surface area contributed by atoms with Gasteiger partial charge in [-0.3, -0.25) is 10.9 Å². The lowest BCUT2D eigenvalue weighted by atomic mass is 10.1. The van der Waals surface area contributed by atoms with E-state index in [1.54, 1.807) is 12.4 Å². The van der Waals surface area contributed by atoms with E-state index in [1.807, 2.05) is 60.7 Å². The molecule has 3 aromatic carbocycles. The van der Waals surface area contributed by atoms with E-state index >= 15 is 0 Å². The van der Waals surface area contributed by atoms with Crippen molar-refractivity contribution in [2.45, 2.75) is 12.8 Å². The largest absolute Gasteiger partial charge is 0.361 e. The highest BCUT2D eigenvalue weighted by molar-refractivity contribution is 7.80. The van der Waals surface area contributed by atoms with E-state index in [4.69, 9.17) is 24.4 Å². The summed E-state index contributed by atoms with van der Waals surface area (Å²) in [5.41, 5.74) is 10.1. The molecule has 0 atom stereocenters. The van der Waals surface area contributed by atoms with Crippen LogP contribution >= 0.6 is 24.4 Å². The van der Waals surface area contributed by atoms with E-state index in [2.05, 4.69) is 56.0 Å². The SMILES string of the molecule is S=C(NCCc1ccccc1)N/N=C/c1ccc(/C=N/NC(=S)NCCc2ccccc2)cc1. The van der Waals surface area contributed by atoms with Crippen LogP contribution in [0.15, 0.2) is 95.1 Å². The Bertz CT molecular complexity index is 995. The van der Waals surface area contributed by atoms with Crippen LogP contribution in [0, 0.1) is 0 Å². The highest BCUT2D eigenvalue weighted by Crippen LogP contribution is 2.01. The summed E-state index contributed by atoms with van der Waals surface area (Å²) in [6.45, 7) is 1.50. The molecule has 0 aromatic heterocycles. The summed E-state index contributed by atoms with van der Waals surface area (Å²) in [6.07, 6.45) is 5.24. The van der Waals surface area contributed by atoms with E-state index in [1.165, 1.54) is 11.1 Å². The molecule has 4 N–H and O–H groups in total. The van der Waals surface area contributed by atoms with Crippen molar-refractivity contribution >= 4 is 47.1 Å². The molecule has 3 aromatic rings. The fraction of sp³-hybridized carbons (Fsp3) is 0.154. The Balaban J connectivity index is 1.31. The number of thiocarbonyl (C=S) groups is 2. The third-order valence-electron chi connectivity index (χ3n) is 4.78. The molecule has 0 spiro atoms. The van der Waals surface area contributed by atoms with Gasteiger partial charge < -0.3 is 10.6 Å². The van der Waals surface area contributed by atoms with Crippen LogP contribution in [0.1, 0.15) is 22.3 Å². The van der Waals surface area contributed by atoms with E-state index in [-0.39, 0.29) is 0 Å². The number of hydrogen-bond donors (Lipinski definition) is 4. The van der Waals surface area contributed by atoms with Crippen LogP contribution in [0.2, 0.25) is 0 Å². The molecule has 0 fully saturated rings. The molecule has 0 heterocycles. The summed E-state index contributed by atoms with van der Waals surface area (Å²) in [7, 11) is 0. The summed E-state index contributed by atoms with van der Waals surface area (Å²) in [4.78, 5) is 0. The second kappa shape index (κ2) is 14.5. The van der Waals surface area contributed by atoms with Crippen molar-refractivity contribution < 1.29 is 0 Å². The minimum atomic E-state index is 0.496. The Morgan fingerprint density at radius 3 is 1.35 bits per heavy atom. The molecule has 8 heteroatoms. The predicted octanol–water partition coefficient (Wildman–Crippen LogP) is 3.77. The zero-order chi connectivity index (χ0) is 23.8. The van der Waals surface area contributed by atoms with E-state index < -0.39 is 0 Å². The number of nitrogens with zero attached hydrogens (tertiary/aromatic N) is 2. The summed E-state index contributed by atoms with van der Waals surface area (Å²) < 4.78 is 0. The van der Waals surface area contributed by atoms with E-state index in [0.29, 0.717) is 10.2 Å². The molecule has 0 aliphatic carbocycles. The Kier molecular flexibility index (Phi) is 10.7. The fourth-order valence-electron chi connectivity index (χ4n) is 3.01. The number of rotatable bonds is 10. The molecule has 0 amide bonds. The Morgan fingerprint density at radius 1 is 0.588 bits per heavy atom. The van der Waals surface area contributed by atoms with Gasteiger partial charge in [-0.05, 0) is 59.5 Å². The van der Waals surface area contributed by atoms with Crippen LogP contribution in [-0.4, -0.2) is 35.7 Å². The van der Waals surface area contributed by atoms with Gasteiger partial charge in [-0.15, -0.1) is 0 Å². The molecule has 0 bridgehead atoms. The van der Waals surface area contributed by atoms with Gasteiger partial charge in [0, 0.05) is 13.1 Å². The second-order valence-electron chi connectivity index (χ2n) is 7.39. The molecule has 0 aliphatic rings. The maximum absolute atomic E-state index is 5.25. The van der Waals surface area contributed by atoms with Gasteiger partial charge in [0.1, 0.15) is 0 Å². The molecule has 0 saturated heterocycles. The van der Waals surface area contributed by atoms with Gasteiger partial charge in [-0.1, -0.05) is 84.9 Å². The van der Waals surface area contributed by atoms with Crippen molar-refractivity contribution in [1.82, 2.24) is 21.5 Å². The molecule has 34 heavy (non-hydrogen) atoms. The molecule has 0 saturated carbocycles. The molecular weight excluding hydrogens is 460 g/mol. The molecule has 174 valence electrons. The van der Waals surface area contributed by atoms with Crippen LogP contribution in [0.4, 0.5) is 0 Å². The normalized spacial score (nSPS) is 10.8. The monoisotopic (exact) mass is 488 g/mol. The van der Waals surface area contributed by atoms with Gasteiger partial charge in [0.2, 0.25) is 0 Å². The van der Waals surface area contributed by atoms with Crippen LogP contribution < -0.4 is 21.5 Å². The van der Waals surface area contributed by atoms with Crippen LogP contribution in [-0.2, 0) is 12.8 Å². The minimum absolute atomic E-state index is 0.496. The number of benzene rings is 3. The highest BCUT2D eigenvalue weighted by Gasteiger charge is 1.96. The molecule has 0 unspecified atom stereocenters. The van der Waals surface area contributed by atoms with Gasteiger partial charge in [0.25, 0.3) is 0 Å². The molecule has 0 radical (unpaired) electrons. The third kappa shape index (κ3) is 9.89. The zero-order valence-corrected chi connectivity index (χ0v) is 20.4.